The van der Waals surface area contributed by atoms with Crippen LogP contribution in [0.25, 0.3) is 11.0 Å². The number of amides is 1. The molecule has 3 rings (SSSR count). The van der Waals surface area contributed by atoms with Crippen molar-refractivity contribution in [2.45, 2.75) is 13.5 Å². The van der Waals surface area contributed by atoms with E-state index in [9.17, 15) is 4.79 Å². The first-order valence-corrected chi connectivity index (χ1v) is 7.43. The van der Waals surface area contributed by atoms with Crippen LogP contribution in [0.5, 0.6) is 0 Å². The summed E-state index contributed by atoms with van der Waals surface area (Å²) in [5, 5.41) is 3.88. The highest BCUT2D eigenvalue weighted by Gasteiger charge is 2.21. The van der Waals surface area contributed by atoms with E-state index in [1.54, 1.807) is 18.5 Å². The highest BCUT2D eigenvalue weighted by atomic mass is 16.3. The van der Waals surface area contributed by atoms with Crippen LogP contribution in [0.1, 0.15) is 21.7 Å². The van der Waals surface area contributed by atoms with Gasteiger partial charge in [0.25, 0.3) is 5.91 Å². The number of aromatic nitrogens is 1. The lowest BCUT2D eigenvalue weighted by Crippen LogP contribution is -2.17. The van der Waals surface area contributed by atoms with Crippen LogP contribution in [0.4, 0.5) is 5.69 Å². The van der Waals surface area contributed by atoms with E-state index in [2.05, 4.69) is 10.3 Å². The molecule has 2 aromatic heterocycles. The monoisotopic (exact) mass is 309 g/mol. The Kier molecular flexibility index (Phi) is 4.12. The molecule has 0 bridgehead atoms. The molecule has 0 saturated heterocycles. The molecule has 0 atom stereocenters. The van der Waals surface area contributed by atoms with Crippen LogP contribution in [0.15, 0.2) is 47.1 Å². The largest absolute Gasteiger partial charge is 0.451 e. The summed E-state index contributed by atoms with van der Waals surface area (Å²) in [4.78, 5) is 18.7. The van der Waals surface area contributed by atoms with Crippen molar-refractivity contribution in [2.75, 3.05) is 19.4 Å². The van der Waals surface area contributed by atoms with Crippen molar-refractivity contribution < 1.29 is 9.21 Å². The zero-order valence-corrected chi connectivity index (χ0v) is 13.5. The van der Waals surface area contributed by atoms with E-state index in [-0.39, 0.29) is 5.91 Å². The van der Waals surface area contributed by atoms with E-state index in [0.29, 0.717) is 12.3 Å². The summed E-state index contributed by atoms with van der Waals surface area (Å²) in [6.07, 6.45) is 3.37. The number of pyridine rings is 1. The molecule has 23 heavy (non-hydrogen) atoms. The third kappa shape index (κ3) is 3.10. The number of nitrogens with zero attached hydrogens (tertiary/aromatic N) is 2. The van der Waals surface area contributed by atoms with Gasteiger partial charge in [-0.15, -0.1) is 0 Å². The molecule has 5 heteroatoms. The average molecular weight is 309 g/mol. The number of aryl methyl sites for hydroxylation is 1. The lowest BCUT2D eigenvalue weighted by molar-refractivity contribution is 0.0996. The first kappa shape index (κ1) is 15.2. The van der Waals surface area contributed by atoms with E-state index < -0.39 is 0 Å². The first-order valence-electron chi connectivity index (χ1n) is 7.43. The van der Waals surface area contributed by atoms with E-state index in [1.807, 2.05) is 50.2 Å². The smallest absolute Gasteiger partial charge is 0.291 e. The molecule has 0 spiro atoms. The summed E-state index contributed by atoms with van der Waals surface area (Å²) in [6, 6.07) is 9.49. The molecule has 1 amide bonds. The van der Waals surface area contributed by atoms with Crippen molar-refractivity contribution in [3.63, 3.8) is 0 Å². The van der Waals surface area contributed by atoms with Crippen LogP contribution in [-0.4, -0.2) is 29.9 Å². The highest BCUT2D eigenvalue weighted by Crippen LogP contribution is 2.27. The minimum Gasteiger partial charge on any atom is -0.451 e. The Morgan fingerprint density at radius 1 is 1.26 bits per heavy atom. The lowest BCUT2D eigenvalue weighted by atomic mass is 10.1. The molecule has 118 valence electrons. The lowest BCUT2D eigenvalue weighted by Gasteiger charge is -2.11. The van der Waals surface area contributed by atoms with Gasteiger partial charge in [-0.2, -0.15) is 0 Å². The Balaban J connectivity index is 2.01. The van der Waals surface area contributed by atoms with Gasteiger partial charge in [0.2, 0.25) is 0 Å². The fourth-order valence-corrected chi connectivity index (χ4v) is 2.55. The SMILES string of the molecule is Cc1cnccc1NC(=O)c1oc2ccccc2c1CN(C)C. The maximum Gasteiger partial charge on any atom is 0.291 e. The van der Waals surface area contributed by atoms with Gasteiger partial charge < -0.3 is 14.6 Å². The topological polar surface area (TPSA) is 58.4 Å². The van der Waals surface area contributed by atoms with Crippen LogP contribution in [0.2, 0.25) is 0 Å². The molecule has 0 fully saturated rings. The summed E-state index contributed by atoms with van der Waals surface area (Å²) in [6.45, 7) is 2.54. The predicted octanol–water partition coefficient (Wildman–Crippen LogP) is 3.45. The average Bonchev–Trinajstić information content (AvgIpc) is 2.88. The normalized spacial score (nSPS) is 11.1. The van der Waals surface area contributed by atoms with Crippen LogP contribution < -0.4 is 5.32 Å². The van der Waals surface area contributed by atoms with Gasteiger partial charge in [0.05, 0.1) is 0 Å². The van der Waals surface area contributed by atoms with Crippen LogP contribution in [0, 0.1) is 6.92 Å². The minimum absolute atomic E-state index is 0.243. The Labute approximate surface area is 134 Å². The van der Waals surface area contributed by atoms with Gasteiger partial charge in [0, 0.05) is 35.6 Å². The van der Waals surface area contributed by atoms with Crippen molar-refractivity contribution >= 4 is 22.6 Å². The summed E-state index contributed by atoms with van der Waals surface area (Å²) in [5.74, 6) is 0.114. The van der Waals surface area contributed by atoms with Crippen molar-refractivity contribution in [1.82, 2.24) is 9.88 Å². The van der Waals surface area contributed by atoms with Crippen molar-refractivity contribution in [1.29, 1.82) is 0 Å². The Bertz CT molecular complexity index is 852. The number of para-hydroxylation sites is 1. The quantitative estimate of drug-likeness (QED) is 0.802. The zero-order valence-electron chi connectivity index (χ0n) is 13.5. The molecule has 0 radical (unpaired) electrons. The number of hydrogen-bond donors (Lipinski definition) is 1. The van der Waals surface area contributed by atoms with E-state index in [1.165, 1.54) is 0 Å². The maximum absolute atomic E-state index is 12.7. The maximum atomic E-state index is 12.7. The number of rotatable bonds is 4. The number of anilines is 1. The van der Waals surface area contributed by atoms with Crippen LogP contribution in [0.3, 0.4) is 0 Å². The number of hydrogen-bond acceptors (Lipinski definition) is 4. The van der Waals surface area contributed by atoms with E-state index in [4.69, 9.17) is 4.42 Å². The third-order valence-corrected chi connectivity index (χ3v) is 3.65. The van der Waals surface area contributed by atoms with Gasteiger partial charge in [-0.3, -0.25) is 9.78 Å². The van der Waals surface area contributed by atoms with Gasteiger partial charge >= 0.3 is 0 Å². The number of furan rings is 1. The summed E-state index contributed by atoms with van der Waals surface area (Å²) in [7, 11) is 3.94. The molecule has 3 aromatic rings. The Hall–Kier alpha value is -2.66. The Morgan fingerprint density at radius 2 is 2.04 bits per heavy atom. The van der Waals surface area contributed by atoms with Crippen molar-refractivity contribution in [3.8, 4) is 0 Å². The fourth-order valence-electron chi connectivity index (χ4n) is 2.55. The van der Waals surface area contributed by atoms with Gasteiger partial charge in [-0.1, -0.05) is 18.2 Å². The second-order valence-corrected chi connectivity index (χ2v) is 5.79. The molecule has 1 aromatic carbocycles. The van der Waals surface area contributed by atoms with E-state index >= 15 is 0 Å². The zero-order chi connectivity index (χ0) is 16.4. The van der Waals surface area contributed by atoms with Crippen LogP contribution >= 0.6 is 0 Å². The molecule has 1 N–H and O–H groups in total. The number of carbonyl (C=O) groups is 1. The summed E-state index contributed by atoms with van der Waals surface area (Å²) < 4.78 is 5.82. The molecule has 0 saturated carbocycles. The van der Waals surface area contributed by atoms with Gasteiger partial charge in [-0.25, -0.2) is 0 Å². The second kappa shape index (κ2) is 6.22. The molecule has 5 nitrogen and oxygen atoms in total. The van der Waals surface area contributed by atoms with E-state index in [0.717, 1.165) is 27.8 Å². The predicted molar refractivity (Wildman–Crippen MR) is 90.5 cm³/mol. The summed E-state index contributed by atoms with van der Waals surface area (Å²) in [5.41, 5.74) is 3.27. The molecule has 0 aliphatic rings. The fraction of sp³-hybridized carbons (Fsp3) is 0.222. The molecule has 0 aliphatic carbocycles. The number of nitrogens with one attached hydrogen (secondary N) is 1. The molecular weight excluding hydrogens is 290 g/mol. The van der Waals surface area contributed by atoms with Gasteiger partial charge in [0.15, 0.2) is 5.76 Å². The molecule has 0 unspecified atom stereocenters. The molecule has 0 aliphatic heterocycles. The van der Waals surface area contributed by atoms with Gasteiger partial charge in [-0.05, 0) is 38.7 Å². The number of carbonyl (C=O) groups excluding carboxylic acids is 1. The first-order chi connectivity index (χ1) is 11.1. The summed E-state index contributed by atoms with van der Waals surface area (Å²) >= 11 is 0. The third-order valence-electron chi connectivity index (χ3n) is 3.65. The van der Waals surface area contributed by atoms with Crippen LogP contribution in [-0.2, 0) is 6.54 Å². The standard InChI is InChI=1S/C18H19N3O2/c1-12-10-19-9-8-15(12)20-18(22)17-14(11-21(2)3)13-6-4-5-7-16(13)23-17/h4-10H,11H2,1-3H3,(H,19,20,22). The highest BCUT2D eigenvalue weighted by molar-refractivity contribution is 6.06. The van der Waals surface area contributed by atoms with Gasteiger partial charge in [0.1, 0.15) is 5.58 Å². The number of fused-ring (bicyclic) bond motifs is 1. The second-order valence-electron chi connectivity index (χ2n) is 5.79. The number of benzene rings is 1. The molecular formula is C18H19N3O2. The molecule has 2 heterocycles. The van der Waals surface area contributed by atoms with Crippen molar-refractivity contribution in [2.24, 2.45) is 0 Å². The Morgan fingerprint density at radius 3 is 2.78 bits per heavy atom. The van der Waals surface area contributed by atoms with Crippen molar-refractivity contribution in [3.05, 3.63) is 59.6 Å². The minimum atomic E-state index is -0.243.